The molecule has 0 radical (unpaired) electrons. The summed E-state index contributed by atoms with van der Waals surface area (Å²) >= 11 is 0. The number of rotatable bonds is 2. The molecule has 1 aliphatic heterocycles. The summed E-state index contributed by atoms with van der Waals surface area (Å²) in [5.74, 6) is 2.73. The number of nitrogens with zero attached hydrogens (tertiary/aromatic N) is 1. The first kappa shape index (κ1) is 13.9. The summed E-state index contributed by atoms with van der Waals surface area (Å²) in [5, 5.41) is 3.86. The summed E-state index contributed by atoms with van der Waals surface area (Å²) in [6.45, 7) is 12.3. The Labute approximate surface area is 119 Å². The van der Waals surface area contributed by atoms with Gasteiger partial charge in [-0.05, 0) is 50.9 Å². The van der Waals surface area contributed by atoms with Crippen LogP contribution in [-0.4, -0.2) is 35.6 Å². The van der Waals surface area contributed by atoms with Gasteiger partial charge in [-0.1, -0.05) is 26.7 Å². The molecule has 1 saturated heterocycles. The van der Waals surface area contributed by atoms with E-state index in [1.54, 1.807) is 0 Å². The third kappa shape index (κ3) is 2.58. The van der Waals surface area contributed by atoms with E-state index in [-0.39, 0.29) is 0 Å². The second-order valence-corrected chi connectivity index (χ2v) is 7.93. The molecule has 5 unspecified atom stereocenters. The highest BCUT2D eigenvalue weighted by Crippen LogP contribution is 2.43. The highest BCUT2D eigenvalue weighted by molar-refractivity contribution is 5.05. The summed E-state index contributed by atoms with van der Waals surface area (Å²) in [4.78, 5) is 2.87. The largest absolute Gasteiger partial charge is 0.308 e. The van der Waals surface area contributed by atoms with Crippen LogP contribution in [0.3, 0.4) is 0 Å². The van der Waals surface area contributed by atoms with Crippen LogP contribution in [0, 0.1) is 17.8 Å². The van der Waals surface area contributed by atoms with Gasteiger partial charge in [0.1, 0.15) is 0 Å². The lowest BCUT2D eigenvalue weighted by molar-refractivity contribution is -0.00213. The van der Waals surface area contributed by atoms with E-state index in [0.29, 0.717) is 11.6 Å². The normalized spacial score (nSPS) is 49.3. The molecule has 3 fully saturated rings. The van der Waals surface area contributed by atoms with E-state index >= 15 is 0 Å². The predicted molar refractivity (Wildman–Crippen MR) is 81.3 cm³/mol. The van der Waals surface area contributed by atoms with Crippen LogP contribution in [0.1, 0.15) is 59.8 Å². The second-order valence-electron chi connectivity index (χ2n) is 7.93. The van der Waals surface area contributed by atoms with Crippen molar-refractivity contribution >= 4 is 0 Å². The first-order chi connectivity index (χ1) is 9.01. The van der Waals surface area contributed by atoms with Gasteiger partial charge in [-0.3, -0.25) is 4.90 Å². The van der Waals surface area contributed by atoms with Crippen molar-refractivity contribution in [2.24, 2.45) is 17.8 Å². The minimum absolute atomic E-state index is 0.396. The van der Waals surface area contributed by atoms with Crippen LogP contribution in [0.2, 0.25) is 0 Å². The average Bonchev–Trinajstić information content (AvgIpc) is 3.21. The smallest absolute Gasteiger partial charge is 0.0309 e. The Bertz CT molecular complexity index is 325. The molecule has 1 heterocycles. The van der Waals surface area contributed by atoms with Gasteiger partial charge in [0.25, 0.3) is 0 Å². The lowest BCUT2D eigenvalue weighted by Crippen LogP contribution is -2.66. The van der Waals surface area contributed by atoms with Crippen LogP contribution in [0.4, 0.5) is 0 Å². The van der Waals surface area contributed by atoms with Crippen molar-refractivity contribution in [3.05, 3.63) is 0 Å². The molecule has 3 aliphatic rings. The van der Waals surface area contributed by atoms with Crippen LogP contribution in [0.5, 0.6) is 0 Å². The zero-order valence-electron chi connectivity index (χ0n) is 13.3. The SMILES string of the molecule is CC1CCCC(N2CC(C)(C3CC3)NCC2C)C1C. The fourth-order valence-electron chi connectivity index (χ4n) is 4.55. The second kappa shape index (κ2) is 5.04. The highest BCUT2D eigenvalue weighted by atomic mass is 15.3. The monoisotopic (exact) mass is 264 g/mol. The first-order valence-corrected chi connectivity index (χ1v) is 8.52. The number of nitrogens with one attached hydrogen (secondary N) is 1. The Morgan fingerprint density at radius 3 is 2.47 bits per heavy atom. The molecular weight excluding hydrogens is 232 g/mol. The van der Waals surface area contributed by atoms with Gasteiger partial charge in [-0.15, -0.1) is 0 Å². The standard InChI is InChI=1S/C17H32N2/c1-12-6-5-7-16(14(12)3)19-11-17(4,15-8-9-15)18-10-13(19)2/h12-16,18H,5-11H2,1-4H3. The van der Waals surface area contributed by atoms with Crippen LogP contribution in [0.25, 0.3) is 0 Å². The molecule has 5 atom stereocenters. The zero-order chi connectivity index (χ0) is 13.6. The Hall–Kier alpha value is -0.0800. The maximum Gasteiger partial charge on any atom is 0.0309 e. The molecule has 0 amide bonds. The van der Waals surface area contributed by atoms with E-state index in [1.165, 1.54) is 45.2 Å². The average molecular weight is 264 g/mol. The minimum atomic E-state index is 0.396. The maximum absolute atomic E-state index is 3.86. The van der Waals surface area contributed by atoms with Crippen LogP contribution in [0.15, 0.2) is 0 Å². The molecule has 0 aromatic heterocycles. The summed E-state index contributed by atoms with van der Waals surface area (Å²) in [7, 11) is 0. The molecule has 0 spiro atoms. The molecule has 3 rings (SSSR count). The summed E-state index contributed by atoms with van der Waals surface area (Å²) in [6, 6.07) is 1.54. The van der Waals surface area contributed by atoms with Gasteiger partial charge < -0.3 is 5.32 Å². The molecule has 2 aliphatic carbocycles. The van der Waals surface area contributed by atoms with E-state index < -0.39 is 0 Å². The van der Waals surface area contributed by atoms with Crippen molar-refractivity contribution in [2.45, 2.75) is 77.4 Å². The maximum atomic E-state index is 3.86. The summed E-state index contributed by atoms with van der Waals surface area (Å²) in [6.07, 6.45) is 7.20. The highest BCUT2D eigenvalue weighted by Gasteiger charge is 2.47. The zero-order valence-corrected chi connectivity index (χ0v) is 13.3. The van der Waals surface area contributed by atoms with Gasteiger partial charge in [0.15, 0.2) is 0 Å². The first-order valence-electron chi connectivity index (χ1n) is 8.52. The van der Waals surface area contributed by atoms with Crippen molar-refractivity contribution < 1.29 is 0 Å². The predicted octanol–water partition coefficient (Wildman–Crippen LogP) is 3.27. The van der Waals surface area contributed by atoms with Gasteiger partial charge in [0.2, 0.25) is 0 Å². The van der Waals surface area contributed by atoms with E-state index in [2.05, 4.69) is 37.9 Å². The lowest BCUT2D eigenvalue weighted by atomic mass is 9.76. The molecule has 2 saturated carbocycles. The molecule has 0 bridgehead atoms. The number of piperazine rings is 1. The fraction of sp³-hybridized carbons (Fsp3) is 1.00. The van der Waals surface area contributed by atoms with Crippen molar-refractivity contribution in [1.29, 1.82) is 0 Å². The molecule has 110 valence electrons. The quantitative estimate of drug-likeness (QED) is 0.823. The van der Waals surface area contributed by atoms with E-state index in [9.17, 15) is 0 Å². The van der Waals surface area contributed by atoms with Crippen molar-refractivity contribution in [3.63, 3.8) is 0 Å². The van der Waals surface area contributed by atoms with Crippen molar-refractivity contribution in [3.8, 4) is 0 Å². The molecule has 0 aromatic carbocycles. The van der Waals surface area contributed by atoms with Crippen molar-refractivity contribution in [1.82, 2.24) is 10.2 Å². The number of hydrogen-bond acceptors (Lipinski definition) is 2. The van der Waals surface area contributed by atoms with Gasteiger partial charge in [0.05, 0.1) is 0 Å². The van der Waals surface area contributed by atoms with E-state index in [0.717, 1.165) is 23.8 Å². The molecule has 0 aromatic rings. The third-order valence-corrected chi connectivity index (χ3v) is 6.45. The van der Waals surface area contributed by atoms with Crippen LogP contribution in [-0.2, 0) is 0 Å². The van der Waals surface area contributed by atoms with Crippen LogP contribution < -0.4 is 5.32 Å². The van der Waals surface area contributed by atoms with Crippen molar-refractivity contribution in [2.75, 3.05) is 13.1 Å². The minimum Gasteiger partial charge on any atom is -0.308 e. The van der Waals surface area contributed by atoms with Gasteiger partial charge in [-0.25, -0.2) is 0 Å². The summed E-state index contributed by atoms with van der Waals surface area (Å²) in [5.41, 5.74) is 0.396. The molecule has 2 heteroatoms. The Morgan fingerprint density at radius 1 is 1.05 bits per heavy atom. The van der Waals surface area contributed by atoms with Gasteiger partial charge in [-0.2, -0.15) is 0 Å². The molecule has 1 N–H and O–H groups in total. The Kier molecular flexibility index (Phi) is 3.68. The molecule has 19 heavy (non-hydrogen) atoms. The Morgan fingerprint density at radius 2 is 1.79 bits per heavy atom. The topological polar surface area (TPSA) is 15.3 Å². The summed E-state index contributed by atoms with van der Waals surface area (Å²) < 4.78 is 0. The van der Waals surface area contributed by atoms with E-state index in [1.807, 2.05) is 0 Å². The van der Waals surface area contributed by atoms with Gasteiger partial charge >= 0.3 is 0 Å². The third-order valence-electron chi connectivity index (χ3n) is 6.45. The van der Waals surface area contributed by atoms with Gasteiger partial charge in [0, 0.05) is 30.7 Å². The fourth-order valence-corrected chi connectivity index (χ4v) is 4.55. The Balaban J connectivity index is 1.73. The number of hydrogen-bond donors (Lipinski definition) is 1. The van der Waals surface area contributed by atoms with Crippen LogP contribution >= 0.6 is 0 Å². The molecule has 2 nitrogen and oxygen atoms in total. The lowest BCUT2D eigenvalue weighted by Gasteiger charge is -2.52. The molecular formula is C17H32N2. The van der Waals surface area contributed by atoms with E-state index in [4.69, 9.17) is 0 Å².